The molecule has 2 saturated heterocycles. The van der Waals surface area contributed by atoms with Crippen LogP contribution in [0.2, 0.25) is 0 Å². The van der Waals surface area contributed by atoms with Gasteiger partial charge in [-0.25, -0.2) is 0 Å². The summed E-state index contributed by atoms with van der Waals surface area (Å²) in [6.07, 6.45) is 8.43. The van der Waals surface area contributed by atoms with Crippen molar-refractivity contribution in [3.05, 3.63) is 0 Å². The normalized spacial score (nSPS) is 38.2. The quantitative estimate of drug-likeness (QED) is 0.763. The zero-order chi connectivity index (χ0) is 13.2. The van der Waals surface area contributed by atoms with Crippen molar-refractivity contribution in [3.63, 3.8) is 0 Å². The van der Waals surface area contributed by atoms with E-state index in [0.717, 1.165) is 37.8 Å². The van der Waals surface area contributed by atoms with Crippen molar-refractivity contribution in [3.8, 4) is 0 Å². The first kappa shape index (κ1) is 13.6. The molecule has 1 saturated carbocycles. The van der Waals surface area contributed by atoms with E-state index in [1.54, 1.807) is 0 Å². The van der Waals surface area contributed by atoms with E-state index in [2.05, 4.69) is 16.8 Å². The summed E-state index contributed by atoms with van der Waals surface area (Å²) in [7, 11) is 2.29. The minimum Gasteiger partial charge on any atom is -0.303 e. The van der Waals surface area contributed by atoms with Crippen LogP contribution in [0.1, 0.15) is 44.9 Å². The number of nitrogens with zero attached hydrogens (tertiary/aromatic N) is 2. The van der Waals surface area contributed by atoms with Crippen LogP contribution >= 0.6 is 0 Å². The predicted molar refractivity (Wildman–Crippen MR) is 77.2 cm³/mol. The van der Waals surface area contributed by atoms with Crippen LogP contribution in [0.15, 0.2) is 0 Å². The first-order valence-electron chi connectivity index (χ1n) is 8.19. The third-order valence-electron chi connectivity index (χ3n) is 5.59. The Morgan fingerprint density at radius 2 is 2.00 bits per heavy atom. The van der Waals surface area contributed by atoms with Gasteiger partial charge in [-0.1, -0.05) is 6.42 Å². The Morgan fingerprint density at radius 1 is 1.11 bits per heavy atom. The van der Waals surface area contributed by atoms with Crippen LogP contribution < -0.4 is 0 Å². The second kappa shape index (κ2) is 5.92. The van der Waals surface area contributed by atoms with E-state index in [9.17, 15) is 4.79 Å². The molecule has 0 aromatic heterocycles. The van der Waals surface area contributed by atoms with E-state index in [0.29, 0.717) is 11.7 Å². The summed E-state index contributed by atoms with van der Waals surface area (Å²) in [6, 6.07) is 0.812. The number of hydrogen-bond acceptors (Lipinski definition) is 3. The van der Waals surface area contributed by atoms with Crippen molar-refractivity contribution >= 4 is 5.78 Å². The zero-order valence-electron chi connectivity index (χ0n) is 12.3. The molecule has 3 atom stereocenters. The minimum absolute atomic E-state index is 0.353. The summed E-state index contributed by atoms with van der Waals surface area (Å²) in [5.74, 6) is 1.74. The molecule has 0 aromatic carbocycles. The van der Waals surface area contributed by atoms with Gasteiger partial charge < -0.3 is 9.80 Å². The highest BCUT2D eigenvalue weighted by Crippen LogP contribution is 2.31. The lowest BCUT2D eigenvalue weighted by atomic mass is 9.82. The minimum atomic E-state index is 0.353. The number of hydrogen-bond donors (Lipinski definition) is 0. The molecule has 2 heterocycles. The molecule has 1 aliphatic carbocycles. The molecule has 19 heavy (non-hydrogen) atoms. The average Bonchev–Trinajstić information content (AvgIpc) is 2.42. The monoisotopic (exact) mass is 264 g/mol. The van der Waals surface area contributed by atoms with Gasteiger partial charge in [0.15, 0.2) is 0 Å². The summed E-state index contributed by atoms with van der Waals surface area (Å²) in [5, 5.41) is 0. The summed E-state index contributed by atoms with van der Waals surface area (Å²) in [5.41, 5.74) is 0. The Hall–Kier alpha value is -0.410. The van der Waals surface area contributed by atoms with Crippen LogP contribution in [0.5, 0.6) is 0 Å². The summed E-state index contributed by atoms with van der Waals surface area (Å²) in [6.45, 7) is 4.77. The molecule has 0 spiro atoms. The van der Waals surface area contributed by atoms with Gasteiger partial charge in [-0.2, -0.15) is 0 Å². The Kier molecular flexibility index (Phi) is 4.23. The molecular formula is C16H28N2O. The van der Waals surface area contributed by atoms with Crippen LogP contribution in [0.3, 0.4) is 0 Å². The lowest BCUT2D eigenvalue weighted by molar-refractivity contribution is -0.125. The fourth-order valence-electron chi connectivity index (χ4n) is 4.45. The van der Waals surface area contributed by atoms with E-state index in [4.69, 9.17) is 0 Å². The molecule has 2 aliphatic heterocycles. The van der Waals surface area contributed by atoms with E-state index in [1.165, 1.54) is 45.3 Å². The molecule has 3 aliphatic rings. The second-order valence-corrected chi connectivity index (χ2v) is 6.91. The van der Waals surface area contributed by atoms with Gasteiger partial charge in [-0.05, 0) is 58.2 Å². The molecule has 0 N–H and O–H groups in total. The maximum atomic E-state index is 12.0. The van der Waals surface area contributed by atoms with Crippen LogP contribution in [0.4, 0.5) is 0 Å². The zero-order valence-corrected chi connectivity index (χ0v) is 12.3. The molecular weight excluding hydrogens is 236 g/mol. The van der Waals surface area contributed by atoms with Crippen molar-refractivity contribution in [1.29, 1.82) is 0 Å². The number of carbonyl (C=O) groups is 1. The second-order valence-electron chi connectivity index (χ2n) is 6.91. The predicted octanol–water partition coefficient (Wildman–Crippen LogP) is 2.16. The lowest BCUT2D eigenvalue weighted by Gasteiger charge is -2.46. The SMILES string of the molecule is CN1CCCC2CN(CC3CCCCC3=O)CCC21. The van der Waals surface area contributed by atoms with Crippen LogP contribution in [-0.2, 0) is 4.79 Å². The van der Waals surface area contributed by atoms with Gasteiger partial charge in [0.05, 0.1) is 0 Å². The number of piperidine rings is 2. The van der Waals surface area contributed by atoms with Crippen molar-refractivity contribution in [1.82, 2.24) is 9.80 Å². The topological polar surface area (TPSA) is 23.6 Å². The number of fused-ring (bicyclic) bond motifs is 1. The maximum Gasteiger partial charge on any atom is 0.137 e. The number of Topliss-reactive ketones (excluding diaryl/α,β-unsaturated/α-hetero) is 1. The molecule has 0 aromatic rings. The fourth-order valence-corrected chi connectivity index (χ4v) is 4.45. The van der Waals surface area contributed by atoms with Gasteiger partial charge >= 0.3 is 0 Å². The first-order chi connectivity index (χ1) is 9.24. The molecule has 3 heteroatoms. The van der Waals surface area contributed by atoms with E-state index in [-0.39, 0.29) is 0 Å². The summed E-state index contributed by atoms with van der Waals surface area (Å²) < 4.78 is 0. The van der Waals surface area contributed by atoms with Crippen molar-refractivity contribution in [2.75, 3.05) is 33.2 Å². The average molecular weight is 264 g/mol. The van der Waals surface area contributed by atoms with Crippen molar-refractivity contribution in [2.24, 2.45) is 11.8 Å². The van der Waals surface area contributed by atoms with E-state index < -0.39 is 0 Å². The van der Waals surface area contributed by atoms with Gasteiger partial charge in [0.25, 0.3) is 0 Å². The summed E-state index contributed by atoms with van der Waals surface area (Å²) in [4.78, 5) is 17.1. The Bertz CT molecular complexity index is 331. The van der Waals surface area contributed by atoms with Crippen molar-refractivity contribution < 1.29 is 4.79 Å². The van der Waals surface area contributed by atoms with E-state index in [1.807, 2.05) is 0 Å². The molecule has 3 nitrogen and oxygen atoms in total. The first-order valence-corrected chi connectivity index (χ1v) is 8.19. The number of carbonyl (C=O) groups excluding carboxylic acids is 1. The third kappa shape index (κ3) is 3.03. The molecule has 0 radical (unpaired) electrons. The smallest absolute Gasteiger partial charge is 0.137 e. The Labute approximate surface area is 117 Å². The highest BCUT2D eigenvalue weighted by Gasteiger charge is 2.35. The van der Waals surface area contributed by atoms with Gasteiger partial charge in [0, 0.05) is 31.5 Å². The van der Waals surface area contributed by atoms with Gasteiger partial charge in [0.1, 0.15) is 5.78 Å². The molecule has 3 fully saturated rings. The maximum absolute atomic E-state index is 12.0. The van der Waals surface area contributed by atoms with Gasteiger partial charge in [0.2, 0.25) is 0 Å². The van der Waals surface area contributed by atoms with Crippen LogP contribution in [-0.4, -0.2) is 54.9 Å². The van der Waals surface area contributed by atoms with Gasteiger partial charge in [-0.15, -0.1) is 0 Å². The summed E-state index contributed by atoms with van der Waals surface area (Å²) >= 11 is 0. The van der Waals surface area contributed by atoms with Crippen LogP contribution in [0.25, 0.3) is 0 Å². The van der Waals surface area contributed by atoms with E-state index >= 15 is 0 Å². The lowest BCUT2D eigenvalue weighted by Crippen LogP contribution is -2.53. The molecule has 3 unspecified atom stereocenters. The molecule has 3 rings (SSSR count). The third-order valence-corrected chi connectivity index (χ3v) is 5.59. The van der Waals surface area contributed by atoms with Gasteiger partial charge in [-0.3, -0.25) is 4.79 Å². The molecule has 0 bridgehead atoms. The number of likely N-dealkylation sites (tertiary alicyclic amines) is 2. The number of rotatable bonds is 2. The van der Waals surface area contributed by atoms with Crippen LogP contribution in [0, 0.1) is 11.8 Å². The highest BCUT2D eigenvalue weighted by molar-refractivity contribution is 5.81. The Balaban J connectivity index is 1.54. The molecule has 0 amide bonds. The largest absolute Gasteiger partial charge is 0.303 e. The standard InChI is InChI=1S/C16H28N2O/c1-17-9-4-6-13-11-18(10-8-15(13)17)12-14-5-2-3-7-16(14)19/h13-15H,2-12H2,1H3. The highest BCUT2D eigenvalue weighted by atomic mass is 16.1. The van der Waals surface area contributed by atoms with Crippen molar-refractivity contribution in [2.45, 2.75) is 51.0 Å². The fraction of sp³-hybridized carbons (Fsp3) is 0.938. The molecule has 108 valence electrons. The number of ketones is 1. The Morgan fingerprint density at radius 3 is 2.84 bits per heavy atom.